The summed E-state index contributed by atoms with van der Waals surface area (Å²) in [5.74, 6) is 0.310. The highest BCUT2D eigenvalue weighted by Crippen LogP contribution is 2.15. The number of carbonyl (C=O) groups excluding carboxylic acids is 2. The average Bonchev–Trinajstić information content (AvgIpc) is 2.28. The van der Waals surface area contributed by atoms with E-state index in [9.17, 15) is 9.59 Å². The Bertz CT molecular complexity index is 387. The van der Waals surface area contributed by atoms with Gasteiger partial charge in [-0.25, -0.2) is 0 Å². The van der Waals surface area contributed by atoms with Gasteiger partial charge in [-0.05, 0) is 31.2 Å². The van der Waals surface area contributed by atoms with Gasteiger partial charge in [-0.15, -0.1) is 0 Å². The van der Waals surface area contributed by atoms with Crippen LogP contribution in [0.2, 0.25) is 0 Å². The third kappa shape index (κ3) is 5.01. The summed E-state index contributed by atoms with van der Waals surface area (Å²) in [5.41, 5.74) is 0.697. The number of rotatable bonds is 5. The molecule has 92 valence electrons. The molecule has 0 saturated carbocycles. The predicted octanol–water partition coefficient (Wildman–Crippen LogP) is 1.16. The topological polar surface area (TPSA) is 67.4 Å². The molecule has 2 N–H and O–H groups in total. The lowest BCUT2D eigenvalue weighted by Gasteiger charge is -2.07. The highest BCUT2D eigenvalue weighted by atomic mass is 16.5. The third-order valence-electron chi connectivity index (χ3n) is 1.92. The summed E-state index contributed by atoms with van der Waals surface area (Å²) in [4.78, 5) is 21.9. The molecule has 5 heteroatoms. The van der Waals surface area contributed by atoms with Gasteiger partial charge in [0.15, 0.2) is 6.61 Å². The Labute approximate surface area is 100 Å². The Morgan fingerprint density at radius 1 is 1.24 bits per heavy atom. The van der Waals surface area contributed by atoms with Crippen molar-refractivity contribution in [3.05, 3.63) is 24.3 Å². The number of carbonyl (C=O) groups is 2. The molecule has 1 aromatic carbocycles. The molecule has 0 unspecified atom stereocenters. The maximum atomic E-state index is 11.1. The van der Waals surface area contributed by atoms with E-state index in [4.69, 9.17) is 4.74 Å². The maximum Gasteiger partial charge on any atom is 0.257 e. The number of amides is 2. The fourth-order valence-electron chi connectivity index (χ4n) is 1.23. The normalized spacial score (nSPS) is 9.53. The fraction of sp³-hybridized carbons (Fsp3) is 0.333. The molecule has 0 saturated heterocycles. The molecule has 0 aliphatic carbocycles. The predicted molar refractivity (Wildman–Crippen MR) is 64.9 cm³/mol. The lowest BCUT2D eigenvalue weighted by molar-refractivity contribution is -0.123. The first-order valence-electron chi connectivity index (χ1n) is 5.39. The van der Waals surface area contributed by atoms with Gasteiger partial charge in [-0.3, -0.25) is 9.59 Å². The van der Waals surface area contributed by atoms with Gasteiger partial charge in [-0.1, -0.05) is 0 Å². The Hall–Kier alpha value is -2.04. The Morgan fingerprint density at radius 3 is 2.41 bits per heavy atom. The van der Waals surface area contributed by atoms with Gasteiger partial charge in [0.1, 0.15) is 5.75 Å². The van der Waals surface area contributed by atoms with Crippen LogP contribution >= 0.6 is 0 Å². The molecule has 0 bridgehead atoms. The lowest BCUT2D eigenvalue weighted by Crippen LogP contribution is -2.28. The molecular formula is C12H16N2O3. The summed E-state index contributed by atoms with van der Waals surface area (Å²) < 4.78 is 5.26. The zero-order valence-electron chi connectivity index (χ0n) is 9.95. The summed E-state index contributed by atoms with van der Waals surface area (Å²) in [7, 11) is 0. The highest BCUT2D eigenvalue weighted by molar-refractivity contribution is 5.88. The number of nitrogens with one attached hydrogen (secondary N) is 2. The van der Waals surface area contributed by atoms with Crippen molar-refractivity contribution in [2.24, 2.45) is 0 Å². The van der Waals surface area contributed by atoms with Gasteiger partial charge in [0.25, 0.3) is 5.91 Å². The summed E-state index contributed by atoms with van der Waals surface area (Å²) in [6.07, 6.45) is 0. The Morgan fingerprint density at radius 2 is 1.88 bits per heavy atom. The van der Waals surface area contributed by atoms with Gasteiger partial charge in [0, 0.05) is 19.2 Å². The van der Waals surface area contributed by atoms with Crippen LogP contribution in [0.15, 0.2) is 24.3 Å². The minimum absolute atomic E-state index is 0.00662. The Balaban J connectivity index is 2.45. The third-order valence-corrected chi connectivity index (χ3v) is 1.92. The molecule has 0 spiro atoms. The minimum atomic E-state index is -0.154. The second-order valence-corrected chi connectivity index (χ2v) is 3.45. The summed E-state index contributed by atoms with van der Waals surface area (Å²) in [6, 6.07) is 6.83. The SMILES string of the molecule is CCNC(=O)COc1ccc(NC(C)=O)cc1. The second kappa shape index (κ2) is 6.52. The average molecular weight is 236 g/mol. The zero-order valence-corrected chi connectivity index (χ0v) is 9.95. The Kier molecular flexibility index (Phi) is 5.00. The smallest absolute Gasteiger partial charge is 0.257 e. The van der Waals surface area contributed by atoms with Crippen molar-refractivity contribution < 1.29 is 14.3 Å². The van der Waals surface area contributed by atoms with E-state index in [1.807, 2.05) is 6.92 Å². The van der Waals surface area contributed by atoms with Crippen molar-refractivity contribution >= 4 is 17.5 Å². The molecule has 0 fully saturated rings. The summed E-state index contributed by atoms with van der Waals surface area (Å²) >= 11 is 0. The van der Waals surface area contributed by atoms with Gasteiger partial charge in [-0.2, -0.15) is 0 Å². The fourth-order valence-corrected chi connectivity index (χ4v) is 1.23. The largest absolute Gasteiger partial charge is 0.484 e. The van der Waals surface area contributed by atoms with Crippen molar-refractivity contribution in [1.82, 2.24) is 5.32 Å². The van der Waals surface area contributed by atoms with E-state index in [0.717, 1.165) is 0 Å². The van der Waals surface area contributed by atoms with Crippen LogP contribution in [0.5, 0.6) is 5.75 Å². The highest BCUT2D eigenvalue weighted by Gasteiger charge is 2.01. The number of likely N-dealkylation sites (N-methyl/N-ethyl adjacent to an activating group) is 1. The van der Waals surface area contributed by atoms with Gasteiger partial charge in [0.2, 0.25) is 5.91 Å². The van der Waals surface area contributed by atoms with Crippen LogP contribution in [0.1, 0.15) is 13.8 Å². The van der Waals surface area contributed by atoms with E-state index in [1.54, 1.807) is 24.3 Å². The molecule has 0 aliphatic heterocycles. The minimum Gasteiger partial charge on any atom is -0.484 e. The first kappa shape index (κ1) is 13.0. The van der Waals surface area contributed by atoms with Crippen molar-refractivity contribution in [3.63, 3.8) is 0 Å². The van der Waals surface area contributed by atoms with Crippen molar-refractivity contribution in [1.29, 1.82) is 0 Å². The summed E-state index contributed by atoms with van der Waals surface area (Å²) in [6.45, 7) is 3.87. The molecule has 0 atom stereocenters. The molecule has 2 amide bonds. The van der Waals surface area contributed by atoms with E-state index in [0.29, 0.717) is 18.0 Å². The molecule has 1 aromatic rings. The van der Waals surface area contributed by atoms with E-state index in [-0.39, 0.29) is 18.4 Å². The van der Waals surface area contributed by atoms with E-state index >= 15 is 0 Å². The van der Waals surface area contributed by atoms with E-state index in [1.165, 1.54) is 6.92 Å². The maximum absolute atomic E-state index is 11.1. The second-order valence-electron chi connectivity index (χ2n) is 3.45. The molecule has 0 aromatic heterocycles. The zero-order chi connectivity index (χ0) is 12.7. The van der Waals surface area contributed by atoms with Gasteiger partial charge >= 0.3 is 0 Å². The quantitative estimate of drug-likeness (QED) is 0.806. The lowest BCUT2D eigenvalue weighted by atomic mass is 10.3. The van der Waals surface area contributed by atoms with Crippen LogP contribution in [0.4, 0.5) is 5.69 Å². The van der Waals surface area contributed by atoms with Crippen molar-refractivity contribution in [2.75, 3.05) is 18.5 Å². The van der Waals surface area contributed by atoms with Crippen molar-refractivity contribution in [2.45, 2.75) is 13.8 Å². The van der Waals surface area contributed by atoms with Gasteiger partial charge in [0.05, 0.1) is 0 Å². The molecular weight excluding hydrogens is 220 g/mol. The first-order chi connectivity index (χ1) is 8.11. The number of benzene rings is 1. The number of hydrogen-bond donors (Lipinski definition) is 2. The van der Waals surface area contributed by atoms with E-state index in [2.05, 4.69) is 10.6 Å². The number of ether oxygens (including phenoxy) is 1. The first-order valence-corrected chi connectivity index (χ1v) is 5.39. The monoisotopic (exact) mass is 236 g/mol. The molecule has 17 heavy (non-hydrogen) atoms. The van der Waals surface area contributed by atoms with E-state index < -0.39 is 0 Å². The molecule has 1 rings (SSSR count). The number of anilines is 1. The van der Waals surface area contributed by atoms with Gasteiger partial charge < -0.3 is 15.4 Å². The van der Waals surface area contributed by atoms with Crippen LogP contribution < -0.4 is 15.4 Å². The van der Waals surface area contributed by atoms with Crippen LogP contribution in [0.25, 0.3) is 0 Å². The molecule has 5 nitrogen and oxygen atoms in total. The summed E-state index contributed by atoms with van der Waals surface area (Å²) in [5, 5.41) is 5.28. The van der Waals surface area contributed by atoms with Crippen LogP contribution in [-0.4, -0.2) is 25.0 Å². The van der Waals surface area contributed by atoms with Crippen molar-refractivity contribution in [3.8, 4) is 5.75 Å². The molecule has 0 radical (unpaired) electrons. The molecule has 0 aliphatic rings. The number of hydrogen-bond acceptors (Lipinski definition) is 3. The standard InChI is InChI=1S/C12H16N2O3/c1-3-13-12(16)8-17-11-6-4-10(5-7-11)14-9(2)15/h4-7H,3,8H2,1-2H3,(H,13,16)(H,14,15). The molecule has 0 heterocycles. The van der Waals surface area contributed by atoms with Crippen LogP contribution in [0, 0.1) is 0 Å². The van der Waals surface area contributed by atoms with Crippen LogP contribution in [-0.2, 0) is 9.59 Å². The van der Waals surface area contributed by atoms with Crippen LogP contribution in [0.3, 0.4) is 0 Å².